The number of aliphatic hydroxyl groups excluding tert-OH is 1. The summed E-state index contributed by atoms with van der Waals surface area (Å²) in [7, 11) is -4.64. The molecule has 1 fully saturated rings. The van der Waals surface area contributed by atoms with E-state index >= 15 is 0 Å². The molecule has 0 unspecified atom stereocenters. The van der Waals surface area contributed by atoms with Gasteiger partial charge >= 0.3 is 13.5 Å². The van der Waals surface area contributed by atoms with E-state index in [1.807, 2.05) is 0 Å². The summed E-state index contributed by atoms with van der Waals surface area (Å²) >= 11 is 0. The number of rotatable bonds is 4. The Bertz CT molecular complexity index is 591. The molecule has 0 spiro atoms. The van der Waals surface area contributed by atoms with Crippen LogP contribution in [0.3, 0.4) is 0 Å². The first-order valence-corrected chi connectivity index (χ1v) is 7.17. The first-order chi connectivity index (χ1) is 9.26. The molecular formula is C9H14N3NaO7P. The van der Waals surface area contributed by atoms with Crippen LogP contribution in [-0.4, -0.2) is 72.8 Å². The molecule has 2 rings (SSSR count). The van der Waals surface area contributed by atoms with Crippen molar-refractivity contribution in [2.45, 2.75) is 24.9 Å². The second-order valence-corrected chi connectivity index (χ2v) is 5.50. The number of hydrogen-bond donors (Lipinski definition) is 4. The van der Waals surface area contributed by atoms with Crippen molar-refractivity contribution in [2.75, 3.05) is 12.3 Å². The molecule has 0 amide bonds. The van der Waals surface area contributed by atoms with Gasteiger partial charge in [0.15, 0.2) is 0 Å². The Hall–Kier alpha value is -0.290. The van der Waals surface area contributed by atoms with E-state index in [1.54, 1.807) is 0 Å². The summed E-state index contributed by atoms with van der Waals surface area (Å²) in [6, 6.07) is 1.40. The molecule has 0 bridgehead atoms. The minimum atomic E-state index is -4.64. The summed E-state index contributed by atoms with van der Waals surface area (Å²) in [5.41, 5.74) is 4.72. The number of phosphoric ester groups is 1. The van der Waals surface area contributed by atoms with Crippen molar-refractivity contribution in [1.29, 1.82) is 0 Å². The molecule has 0 aliphatic carbocycles. The van der Waals surface area contributed by atoms with Gasteiger partial charge in [-0.1, -0.05) is 0 Å². The average molecular weight is 330 g/mol. The number of ether oxygens (including phenoxy) is 1. The van der Waals surface area contributed by atoms with Crippen LogP contribution in [0.2, 0.25) is 0 Å². The van der Waals surface area contributed by atoms with Crippen LogP contribution in [0.1, 0.15) is 12.6 Å². The summed E-state index contributed by atoms with van der Waals surface area (Å²) in [5, 5.41) is 9.74. The van der Waals surface area contributed by atoms with E-state index in [0.29, 0.717) is 0 Å². The van der Waals surface area contributed by atoms with Gasteiger partial charge in [0.25, 0.3) is 0 Å². The summed E-state index contributed by atoms with van der Waals surface area (Å²) in [6.45, 7) is -0.487. The molecule has 1 aliphatic rings. The molecule has 2 heterocycles. The molecule has 0 aromatic carbocycles. The maximum atomic E-state index is 11.6. The van der Waals surface area contributed by atoms with Gasteiger partial charge < -0.3 is 25.4 Å². The number of nitrogens with zero attached hydrogens (tertiary/aromatic N) is 2. The third-order valence-electron chi connectivity index (χ3n) is 2.77. The normalized spacial score (nSPS) is 25.6. The van der Waals surface area contributed by atoms with Crippen molar-refractivity contribution in [3.63, 3.8) is 0 Å². The predicted octanol–water partition coefficient (Wildman–Crippen LogP) is -1.80. The number of hydrogen-bond acceptors (Lipinski definition) is 7. The number of aromatic nitrogens is 2. The van der Waals surface area contributed by atoms with E-state index < -0.39 is 38.6 Å². The van der Waals surface area contributed by atoms with E-state index in [9.17, 15) is 14.5 Å². The summed E-state index contributed by atoms with van der Waals surface area (Å²) < 4.78 is 21.3. The molecule has 1 radical (unpaired) electrons. The van der Waals surface area contributed by atoms with Crippen molar-refractivity contribution >= 4 is 43.2 Å². The molecule has 5 N–H and O–H groups in total. The van der Waals surface area contributed by atoms with Crippen LogP contribution in [0.25, 0.3) is 0 Å². The van der Waals surface area contributed by atoms with Crippen LogP contribution in [0.5, 0.6) is 0 Å². The molecule has 0 saturated carbocycles. The zero-order valence-electron chi connectivity index (χ0n) is 11.2. The third-order valence-corrected chi connectivity index (χ3v) is 3.26. The zero-order chi connectivity index (χ0) is 14.9. The Morgan fingerprint density at radius 1 is 1.57 bits per heavy atom. The summed E-state index contributed by atoms with van der Waals surface area (Å²) in [5.74, 6) is 0.0613. The van der Waals surface area contributed by atoms with Crippen molar-refractivity contribution < 1.29 is 28.7 Å². The van der Waals surface area contributed by atoms with E-state index in [-0.39, 0.29) is 41.8 Å². The van der Waals surface area contributed by atoms with E-state index in [1.165, 1.54) is 12.3 Å². The van der Waals surface area contributed by atoms with E-state index in [2.05, 4.69) is 9.51 Å². The number of nitrogens with two attached hydrogens (primary N) is 1. The maximum Gasteiger partial charge on any atom is 0.469 e. The van der Waals surface area contributed by atoms with Gasteiger partial charge in [-0.25, -0.2) is 9.36 Å². The number of anilines is 1. The standard InChI is InChI=1S/C9H14N3O7P.Na/c10-7-1-2-12(9(14)11-7)8-3-5(13)6(19-8)4-18-20(15,16)17;/h1-2,5-6,8,13H,3-4H2,(H2,10,11,14)(H2,15,16,17);/t5-,6+,8+;/m0./s1. The maximum absolute atomic E-state index is 11.6. The Morgan fingerprint density at radius 2 is 2.24 bits per heavy atom. The minimum absolute atomic E-state index is 0. The topological polar surface area (TPSA) is 157 Å². The Labute approximate surface area is 141 Å². The van der Waals surface area contributed by atoms with Gasteiger partial charge in [0.1, 0.15) is 18.1 Å². The largest absolute Gasteiger partial charge is 0.469 e. The predicted molar refractivity (Wildman–Crippen MR) is 71.2 cm³/mol. The first kappa shape index (κ1) is 18.8. The molecule has 10 nitrogen and oxygen atoms in total. The molecule has 1 aromatic rings. The third kappa shape index (κ3) is 5.13. The molecular weight excluding hydrogens is 316 g/mol. The van der Waals surface area contributed by atoms with Gasteiger partial charge in [0.2, 0.25) is 0 Å². The number of aliphatic hydroxyl groups is 1. The summed E-state index contributed by atoms with van der Waals surface area (Å²) in [6.07, 6.45) is -1.32. The van der Waals surface area contributed by atoms with Crippen molar-refractivity contribution in [3.05, 3.63) is 22.7 Å². The smallest absolute Gasteiger partial charge is 0.390 e. The first-order valence-electron chi connectivity index (χ1n) is 5.64. The van der Waals surface area contributed by atoms with Crippen LogP contribution in [0, 0.1) is 0 Å². The monoisotopic (exact) mass is 330 g/mol. The Balaban J connectivity index is 0.00000220. The van der Waals surface area contributed by atoms with Crippen LogP contribution in [0.4, 0.5) is 5.82 Å². The summed E-state index contributed by atoms with van der Waals surface area (Å²) in [4.78, 5) is 32.3. The average Bonchev–Trinajstić information content (AvgIpc) is 2.67. The van der Waals surface area contributed by atoms with E-state index in [0.717, 1.165) is 4.57 Å². The minimum Gasteiger partial charge on any atom is -0.390 e. The Kier molecular flexibility index (Phi) is 6.54. The van der Waals surface area contributed by atoms with Gasteiger partial charge in [-0.15, -0.1) is 0 Å². The quantitative estimate of drug-likeness (QED) is 0.369. The van der Waals surface area contributed by atoms with Crippen molar-refractivity contribution in [1.82, 2.24) is 9.55 Å². The Morgan fingerprint density at radius 3 is 2.81 bits per heavy atom. The van der Waals surface area contributed by atoms with Crippen molar-refractivity contribution in [3.8, 4) is 0 Å². The second-order valence-electron chi connectivity index (χ2n) is 4.26. The van der Waals surface area contributed by atoms with Gasteiger partial charge in [-0.3, -0.25) is 9.09 Å². The molecule has 21 heavy (non-hydrogen) atoms. The van der Waals surface area contributed by atoms with Crippen LogP contribution < -0.4 is 11.4 Å². The van der Waals surface area contributed by atoms with Crippen LogP contribution >= 0.6 is 7.82 Å². The molecule has 1 aliphatic heterocycles. The van der Waals surface area contributed by atoms with Gasteiger partial charge in [-0.2, -0.15) is 4.98 Å². The van der Waals surface area contributed by atoms with Gasteiger partial charge in [-0.05, 0) is 6.07 Å². The fraction of sp³-hybridized carbons (Fsp3) is 0.556. The molecule has 1 saturated heterocycles. The van der Waals surface area contributed by atoms with E-state index in [4.69, 9.17) is 20.3 Å². The zero-order valence-corrected chi connectivity index (χ0v) is 14.1. The fourth-order valence-electron chi connectivity index (χ4n) is 1.85. The molecule has 12 heteroatoms. The molecule has 1 aromatic heterocycles. The van der Waals surface area contributed by atoms with Crippen LogP contribution in [-0.2, 0) is 13.8 Å². The molecule has 3 atom stereocenters. The van der Waals surface area contributed by atoms with Crippen LogP contribution in [0.15, 0.2) is 17.1 Å². The number of phosphoric acid groups is 1. The fourth-order valence-corrected chi connectivity index (χ4v) is 2.19. The molecule has 113 valence electrons. The van der Waals surface area contributed by atoms with Crippen molar-refractivity contribution in [2.24, 2.45) is 0 Å². The SMILES string of the molecule is Nc1ccn([C@H]2C[C@H](O)[C@@H](COP(=O)(O)O)O2)c(=O)n1.[Na]. The van der Waals surface area contributed by atoms with Gasteiger partial charge in [0, 0.05) is 42.2 Å². The second kappa shape index (κ2) is 7.32. The van der Waals surface area contributed by atoms with Gasteiger partial charge in [0.05, 0.1) is 12.7 Å². The number of nitrogen functional groups attached to an aromatic ring is 1.